The fraction of sp³-hybridized carbons (Fsp3) is 0.550. The van der Waals surface area contributed by atoms with Crippen LogP contribution in [0.1, 0.15) is 58.9 Å². The second-order valence-electron chi connectivity index (χ2n) is 7.94. The van der Waals surface area contributed by atoms with Crippen molar-refractivity contribution in [3.05, 3.63) is 28.7 Å². The number of ketones is 1. The average molecular weight is 436 g/mol. The lowest BCUT2D eigenvalue weighted by Crippen LogP contribution is -2.22. The fourth-order valence-corrected chi connectivity index (χ4v) is 4.78. The summed E-state index contributed by atoms with van der Waals surface area (Å²) in [5.74, 6) is 1.58. The number of halogens is 1. The quantitative estimate of drug-likeness (QED) is 0.546. The lowest BCUT2D eigenvalue weighted by Gasteiger charge is -2.26. The van der Waals surface area contributed by atoms with Gasteiger partial charge in [0.25, 0.3) is 0 Å². The highest BCUT2D eigenvalue weighted by molar-refractivity contribution is 9.10. The first-order valence-corrected chi connectivity index (χ1v) is 11.0. The second kappa shape index (κ2) is 8.26. The lowest BCUT2D eigenvalue weighted by atomic mass is 9.92. The van der Waals surface area contributed by atoms with Crippen LogP contribution in [0.5, 0.6) is 0 Å². The van der Waals surface area contributed by atoms with E-state index in [9.17, 15) is 4.79 Å². The monoisotopic (exact) mass is 435 g/mol. The van der Waals surface area contributed by atoms with Crippen LogP contribution in [0.3, 0.4) is 0 Å². The summed E-state index contributed by atoms with van der Waals surface area (Å²) in [7, 11) is 0. The molecule has 4 nitrogen and oxygen atoms in total. The van der Waals surface area contributed by atoms with Crippen molar-refractivity contribution in [3.63, 3.8) is 0 Å². The van der Waals surface area contributed by atoms with E-state index in [1.165, 1.54) is 31.0 Å². The van der Waals surface area contributed by atoms with Crippen molar-refractivity contribution in [2.24, 2.45) is 5.41 Å². The van der Waals surface area contributed by atoms with Crippen molar-refractivity contribution in [3.8, 4) is 11.4 Å². The van der Waals surface area contributed by atoms with Crippen molar-refractivity contribution < 1.29 is 4.79 Å². The number of rotatable bonds is 5. The zero-order valence-corrected chi connectivity index (χ0v) is 18.1. The van der Waals surface area contributed by atoms with Gasteiger partial charge in [-0.25, -0.2) is 0 Å². The van der Waals surface area contributed by atoms with E-state index < -0.39 is 0 Å². The molecular formula is C20H26BrN3OS. The second-order valence-corrected chi connectivity index (χ2v) is 9.80. The SMILES string of the molecule is CC(C)(C)C(=O)CSc1nnc(-c2cccc(Br)c2)n1C1CCCCC1. The van der Waals surface area contributed by atoms with Gasteiger partial charge in [-0.3, -0.25) is 9.36 Å². The van der Waals surface area contributed by atoms with Crippen LogP contribution in [0, 0.1) is 5.41 Å². The predicted molar refractivity (Wildman–Crippen MR) is 110 cm³/mol. The molecule has 0 unspecified atom stereocenters. The Morgan fingerprint density at radius 3 is 2.62 bits per heavy atom. The molecule has 1 aliphatic carbocycles. The molecule has 1 aromatic carbocycles. The maximum Gasteiger partial charge on any atom is 0.192 e. The standard InChI is InChI=1S/C20H26BrN3OS/c1-20(2,3)17(25)13-26-19-23-22-18(14-8-7-9-15(21)12-14)24(19)16-10-5-4-6-11-16/h7-9,12,16H,4-6,10-11,13H2,1-3H3. The number of hydrogen-bond acceptors (Lipinski definition) is 4. The van der Waals surface area contributed by atoms with Crippen LogP contribution in [-0.2, 0) is 4.79 Å². The highest BCUT2D eigenvalue weighted by atomic mass is 79.9. The third kappa shape index (κ3) is 4.58. The summed E-state index contributed by atoms with van der Waals surface area (Å²) in [6.45, 7) is 5.90. The predicted octanol–water partition coefficient (Wildman–Crippen LogP) is 5.92. The van der Waals surface area contributed by atoms with Gasteiger partial charge in [0.1, 0.15) is 5.78 Å². The van der Waals surface area contributed by atoms with Gasteiger partial charge >= 0.3 is 0 Å². The normalized spacial score (nSPS) is 16.0. The molecule has 3 rings (SSSR count). The third-order valence-corrected chi connectivity index (χ3v) is 6.29. The fourth-order valence-electron chi connectivity index (χ4n) is 3.21. The molecular weight excluding hydrogens is 410 g/mol. The molecule has 0 N–H and O–H groups in total. The Balaban J connectivity index is 1.92. The molecule has 2 aromatic rings. The molecule has 0 saturated heterocycles. The third-order valence-electron chi connectivity index (χ3n) is 4.86. The van der Waals surface area contributed by atoms with E-state index >= 15 is 0 Å². The van der Waals surface area contributed by atoms with Gasteiger partial charge < -0.3 is 0 Å². The van der Waals surface area contributed by atoms with Gasteiger partial charge in [-0.05, 0) is 25.0 Å². The Morgan fingerprint density at radius 2 is 1.96 bits per heavy atom. The van der Waals surface area contributed by atoms with Crippen molar-refractivity contribution in [2.45, 2.75) is 64.1 Å². The first-order chi connectivity index (χ1) is 12.4. The van der Waals surface area contributed by atoms with Crippen LogP contribution in [0.15, 0.2) is 33.9 Å². The number of thioether (sulfide) groups is 1. The van der Waals surface area contributed by atoms with E-state index in [0.717, 1.165) is 33.9 Å². The van der Waals surface area contributed by atoms with Gasteiger partial charge in [-0.1, -0.05) is 79.9 Å². The first kappa shape index (κ1) is 19.6. The van der Waals surface area contributed by atoms with E-state index in [4.69, 9.17) is 0 Å². The van der Waals surface area contributed by atoms with Crippen LogP contribution < -0.4 is 0 Å². The van der Waals surface area contributed by atoms with E-state index in [-0.39, 0.29) is 11.2 Å². The molecule has 0 radical (unpaired) electrons. The number of nitrogens with zero attached hydrogens (tertiary/aromatic N) is 3. The Morgan fingerprint density at radius 1 is 1.23 bits per heavy atom. The van der Waals surface area contributed by atoms with Crippen molar-refractivity contribution in [1.82, 2.24) is 14.8 Å². The molecule has 0 atom stereocenters. The maximum atomic E-state index is 12.4. The summed E-state index contributed by atoms with van der Waals surface area (Å²) in [5.41, 5.74) is 0.738. The minimum Gasteiger partial charge on any atom is -0.299 e. The zero-order chi connectivity index (χ0) is 18.7. The van der Waals surface area contributed by atoms with Gasteiger partial charge in [-0.15, -0.1) is 10.2 Å². The summed E-state index contributed by atoms with van der Waals surface area (Å²) in [5, 5.41) is 9.83. The number of benzene rings is 1. The smallest absolute Gasteiger partial charge is 0.192 e. The van der Waals surface area contributed by atoms with Crippen molar-refractivity contribution >= 4 is 33.5 Å². The lowest BCUT2D eigenvalue weighted by molar-refractivity contribution is -0.123. The van der Waals surface area contributed by atoms with E-state index in [1.54, 1.807) is 0 Å². The summed E-state index contributed by atoms with van der Waals surface area (Å²) in [6, 6.07) is 8.61. The van der Waals surface area contributed by atoms with Crippen LogP contribution in [0.4, 0.5) is 0 Å². The van der Waals surface area contributed by atoms with E-state index in [0.29, 0.717) is 11.8 Å². The molecule has 1 aliphatic rings. The van der Waals surface area contributed by atoms with Crippen molar-refractivity contribution in [1.29, 1.82) is 0 Å². The summed E-state index contributed by atoms with van der Waals surface area (Å²) < 4.78 is 3.31. The largest absolute Gasteiger partial charge is 0.299 e. The van der Waals surface area contributed by atoms with Gasteiger partial charge in [-0.2, -0.15) is 0 Å². The summed E-state index contributed by atoms with van der Waals surface area (Å²) in [4.78, 5) is 12.4. The molecule has 0 aliphatic heterocycles. The molecule has 6 heteroatoms. The number of Topliss-reactive ketones (excluding diaryl/α,β-unsaturated/α-hetero) is 1. The molecule has 1 aromatic heterocycles. The topological polar surface area (TPSA) is 47.8 Å². The molecule has 0 bridgehead atoms. The Labute approximate surface area is 168 Å². The van der Waals surface area contributed by atoms with Gasteiger partial charge in [0.15, 0.2) is 11.0 Å². The number of carbonyl (C=O) groups is 1. The molecule has 1 fully saturated rings. The van der Waals surface area contributed by atoms with Crippen LogP contribution in [0.2, 0.25) is 0 Å². The Hall–Kier alpha value is -1.14. The summed E-state index contributed by atoms with van der Waals surface area (Å²) >= 11 is 5.07. The number of hydrogen-bond donors (Lipinski definition) is 0. The number of aromatic nitrogens is 3. The van der Waals surface area contributed by atoms with Gasteiger partial charge in [0.2, 0.25) is 0 Å². The zero-order valence-electron chi connectivity index (χ0n) is 15.7. The van der Waals surface area contributed by atoms with Crippen LogP contribution in [0.25, 0.3) is 11.4 Å². The molecule has 0 amide bonds. The average Bonchev–Trinajstić information content (AvgIpc) is 3.03. The first-order valence-electron chi connectivity index (χ1n) is 9.23. The van der Waals surface area contributed by atoms with E-state index in [1.807, 2.05) is 32.9 Å². The van der Waals surface area contributed by atoms with Crippen molar-refractivity contribution in [2.75, 3.05) is 5.75 Å². The number of carbonyl (C=O) groups excluding carboxylic acids is 1. The Bertz CT molecular complexity index is 776. The van der Waals surface area contributed by atoms with Crippen LogP contribution >= 0.6 is 27.7 Å². The maximum absolute atomic E-state index is 12.4. The Kier molecular flexibility index (Phi) is 6.23. The highest BCUT2D eigenvalue weighted by Crippen LogP contribution is 2.36. The molecule has 0 spiro atoms. The van der Waals surface area contributed by atoms with E-state index in [2.05, 4.69) is 42.8 Å². The molecule has 1 saturated carbocycles. The summed E-state index contributed by atoms with van der Waals surface area (Å²) in [6.07, 6.45) is 6.09. The molecule has 1 heterocycles. The molecule has 140 valence electrons. The minimum atomic E-state index is -0.324. The van der Waals surface area contributed by atoms with Gasteiger partial charge in [0.05, 0.1) is 5.75 Å². The highest BCUT2D eigenvalue weighted by Gasteiger charge is 2.26. The molecule has 26 heavy (non-hydrogen) atoms. The van der Waals surface area contributed by atoms with Gasteiger partial charge in [0, 0.05) is 21.5 Å². The minimum absolute atomic E-state index is 0.240. The van der Waals surface area contributed by atoms with Crippen LogP contribution in [-0.4, -0.2) is 26.3 Å².